The molecule has 0 N–H and O–H groups in total. The monoisotopic (exact) mass is 422 g/mol. The molecule has 0 saturated carbocycles. The Morgan fingerprint density at radius 1 is 1.03 bits per heavy atom. The summed E-state index contributed by atoms with van der Waals surface area (Å²) in [6, 6.07) is 11.8. The molecule has 0 aliphatic rings. The molecule has 2 rings (SSSR count). The molecule has 0 aliphatic heterocycles. The summed E-state index contributed by atoms with van der Waals surface area (Å²) in [5.41, 5.74) is 4.87. The van der Waals surface area contributed by atoms with Crippen molar-refractivity contribution < 1.29 is 19.0 Å². The van der Waals surface area contributed by atoms with Crippen molar-refractivity contribution in [3.63, 3.8) is 0 Å². The molecular weight excluding hydrogens is 388 g/mol. The van der Waals surface area contributed by atoms with Crippen LogP contribution in [0.15, 0.2) is 54.1 Å². The van der Waals surface area contributed by atoms with Crippen molar-refractivity contribution in [2.24, 2.45) is 0 Å². The molecule has 0 amide bonds. The highest BCUT2D eigenvalue weighted by atomic mass is 16.6. The van der Waals surface area contributed by atoms with Crippen LogP contribution in [0.2, 0.25) is 0 Å². The minimum Gasteiger partial charge on any atom is -0.497 e. The summed E-state index contributed by atoms with van der Waals surface area (Å²) in [5, 5.41) is 0. The molecule has 4 nitrogen and oxygen atoms in total. The Bertz CT molecular complexity index is 940. The van der Waals surface area contributed by atoms with Gasteiger partial charge in [0, 0.05) is 17.2 Å². The molecule has 0 radical (unpaired) electrons. The van der Waals surface area contributed by atoms with Gasteiger partial charge in [-0.25, -0.2) is 4.79 Å². The number of hydrogen-bond acceptors (Lipinski definition) is 4. The van der Waals surface area contributed by atoms with Crippen molar-refractivity contribution in [3.05, 3.63) is 76.4 Å². The largest absolute Gasteiger partial charge is 0.497 e. The second-order valence-corrected chi connectivity index (χ2v) is 8.77. The summed E-state index contributed by atoms with van der Waals surface area (Å²) in [6.45, 7) is 12.2. The lowest BCUT2D eigenvalue weighted by Crippen LogP contribution is -2.22. The van der Waals surface area contributed by atoms with Gasteiger partial charge in [0.25, 0.3) is 0 Å². The summed E-state index contributed by atoms with van der Waals surface area (Å²) >= 11 is 0. The molecule has 0 saturated heterocycles. The van der Waals surface area contributed by atoms with Crippen LogP contribution in [0.3, 0.4) is 0 Å². The predicted molar refractivity (Wildman–Crippen MR) is 127 cm³/mol. The van der Waals surface area contributed by atoms with Crippen LogP contribution in [0.4, 0.5) is 0 Å². The van der Waals surface area contributed by atoms with Gasteiger partial charge < -0.3 is 14.2 Å². The fourth-order valence-electron chi connectivity index (χ4n) is 2.98. The maximum Gasteiger partial charge on any atom is 0.331 e. The van der Waals surface area contributed by atoms with Gasteiger partial charge in [0.2, 0.25) is 0 Å². The van der Waals surface area contributed by atoms with Gasteiger partial charge in [0.05, 0.1) is 7.11 Å². The first kappa shape index (κ1) is 24.3. The number of ether oxygens (including phenoxy) is 3. The Morgan fingerprint density at radius 3 is 2.29 bits per heavy atom. The molecule has 0 unspecified atom stereocenters. The number of carbonyl (C=O) groups is 1. The lowest BCUT2D eigenvalue weighted by molar-refractivity contribution is -0.148. The fraction of sp³-hybridized carbons (Fsp3) is 0.370. The van der Waals surface area contributed by atoms with E-state index in [1.807, 2.05) is 51.1 Å². The van der Waals surface area contributed by atoms with Crippen LogP contribution in [0, 0.1) is 6.92 Å². The third-order valence-electron chi connectivity index (χ3n) is 4.59. The summed E-state index contributed by atoms with van der Waals surface area (Å²) in [6.07, 6.45) is 6.17. The van der Waals surface area contributed by atoms with E-state index in [2.05, 4.69) is 32.9 Å². The van der Waals surface area contributed by atoms with E-state index < -0.39 is 5.60 Å². The second kappa shape index (κ2) is 10.9. The number of rotatable bonds is 8. The van der Waals surface area contributed by atoms with E-state index in [0.29, 0.717) is 6.61 Å². The molecule has 2 aromatic rings. The molecule has 0 atom stereocenters. The first-order chi connectivity index (χ1) is 14.6. The quantitative estimate of drug-likeness (QED) is 0.279. The maximum atomic E-state index is 12.2. The highest BCUT2D eigenvalue weighted by molar-refractivity contribution is 5.88. The smallest absolute Gasteiger partial charge is 0.331 e. The number of carbonyl (C=O) groups excluding carboxylic acids is 1. The Balaban J connectivity index is 2.35. The second-order valence-electron chi connectivity index (χ2n) is 8.77. The molecule has 0 aliphatic carbocycles. The zero-order valence-corrected chi connectivity index (χ0v) is 19.7. The number of benzene rings is 2. The summed E-state index contributed by atoms with van der Waals surface area (Å²) in [5.74, 6) is 1.22. The van der Waals surface area contributed by atoms with Gasteiger partial charge in [0.1, 0.15) is 23.7 Å². The van der Waals surface area contributed by atoms with Gasteiger partial charge in [-0.05, 0) is 77.3 Å². The average Bonchev–Trinajstić information content (AvgIpc) is 2.69. The molecule has 0 heterocycles. The van der Waals surface area contributed by atoms with Crippen molar-refractivity contribution in [2.45, 2.75) is 60.2 Å². The minimum atomic E-state index is -0.531. The van der Waals surface area contributed by atoms with Crippen LogP contribution in [-0.4, -0.2) is 18.7 Å². The molecule has 0 fully saturated rings. The van der Waals surface area contributed by atoms with Gasteiger partial charge >= 0.3 is 5.97 Å². The van der Waals surface area contributed by atoms with E-state index in [1.54, 1.807) is 13.2 Å². The van der Waals surface area contributed by atoms with Gasteiger partial charge in [0.15, 0.2) is 0 Å². The molecule has 4 heteroatoms. The lowest BCUT2D eigenvalue weighted by Gasteiger charge is -2.18. The molecule has 0 aromatic heterocycles. The highest BCUT2D eigenvalue weighted by Gasteiger charge is 2.15. The van der Waals surface area contributed by atoms with Crippen LogP contribution in [-0.2, 0) is 22.6 Å². The van der Waals surface area contributed by atoms with Crippen LogP contribution in [0.5, 0.6) is 11.5 Å². The van der Waals surface area contributed by atoms with Crippen LogP contribution in [0.1, 0.15) is 56.9 Å². The lowest BCUT2D eigenvalue weighted by atomic mass is 9.99. The number of aryl methyl sites for hydroxylation is 1. The Morgan fingerprint density at radius 2 is 1.71 bits per heavy atom. The predicted octanol–water partition coefficient (Wildman–Crippen LogP) is 6.45. The Labute approximate surface area is 186 Å². The summed E-state index contributed by atoms with van der Waals surface area (Å²) in [7, 11) is 1.65. The Kier molecular flexibility index (Phi) is 8.49. The normalized spacial score (nSPS) is 11.3. The van der Waals surface area contributed by atoms with Gasteiger partial charge in [-0.2, -0.15) is 0 Å². The zero-order chi connectivity index (χ0) is 23.0. The van der Waals surface area contributed by atoms with E-state index >= 15 is 0 Å². The summed E-state index contributed by atoms with van der Waals surface area (Å²) in [4.78, 5) is 12.2. The first-order valence-corrected chi connectivity index (χ1v) is 10.5. The molecule has 2 aromatic carbocycles. The molecule has 0 bridgehead atoms. The average molecular weight is 423 g/mol. The third kappa shape index (κ3) is 7.97. The van der Waals surface area contributed by atoms with Crippen LogP contribution < -0.4 is 9.47 Å². The standard InChI is InChI=1S/C27H34O4/c1-19(2)8-16-24-20(3)9-12-22(13-17-25(28)31-27(4,5)6)26(24)30-18-21-10-14-23(29-7)15-11-21/h8-15,17H,16,18H2,1-7H3/b17-13-. The third-order valence-corrected chi connectivity index (χ3v) is 4.59. The zero-order valence-electron chi connectivity index (χ0n) is 19.7. The van der Waals surface area contributed by atoms with E-state index in [9.17, 15) is 4.79 Å². The number of hydrogen-bond donors (Lipinski definition) is 0. The molecular formula is C27H34O4. The maximum absolute atomic E-state index is 12.2. The van der Waals surface area contributed by atoms with E-state index in [0.717, 1.165) is 40.2 Å². The number of methoxy groups -OCH3 is 1. The molecule has 166 valence electrons. The van der Waals surface area contributed by atoms with E-state index in [1.165, 1.54) is 11.6 Å². The van der Waals surface area contributed by atoms with Crippen LogP contribution >= 0.6 is 0 Å². The molecule has 0 spiro atoms. The van der Waals surface area contributed by atoms with Gasteiger partial charge in [-0.15, -0.1) is 0 Å². The van der Waals surface area contributed by atoms with Gasteiger partial charge in [-0.3, -0.25) is 0 Å². The van der Waals surface area contributed by atoms with Crippen molar-refractivity contribution in [3.8, 4) is 11.5 Å². The van der Waals surface area contributed by atoms with Gasteiger partial charge in [-0.1, -0.05) is 35.9 Å². The van der Waals surface area contributed by atoms with Crippen molar-refractivity contribution in [1.82, 2.24) is 0 Å². The Hall–Kier alpha value is -3.01. The first-order valence-electron chi connectivity index (χ1n) is 10.5. The minimum absolute atomic E-state index is 0.375. The highest BCUT2D eigenvalue weighted by Crippen LogP contribution is 2.31. The fourth-order valence-corrected chi connectivity index (χ4v) is 2.98. The van der Waals surface area contributed by atoms with E-state index in [-0.39, 0.29) is 5.97 Å². The topological polar surface area (TPSA) is 44.8 Å². The van der Waals surface area contributed by atoms with Crippen molar-refractivity contribution >= 4 is 12.0 Å². The SMILES string of the molecule is COc1ccc(COc2c(/C=C\C(=O)OC(C)(C)C)ccc(C)c2CC=C(C)C)cc1. The molecule has 31 heavy (non-hydrogen) atoms. The van der Waals surface area contributed by atoms with E-state index in [4.69, 9.17) is 14.2 Å². The number of allylic oxidation sites excluding steroid dienone is 2. The van der Waals surface area contributed by atoms with Crippen molar-refractivity contribution in [2.75, 3.05) is 7.11 Å². The van der Waals surface area contributed by atoms with Crippen LogP contribution in [0.25, 0.3) is 6.08 Å². The summed E-state index contributed by atoms with van der Waals surface area (Å²) < 4.78 is 16.9. The van der Waals surface area contributed by atoms with Crippen molar-refractivity contribution in [1.29, 1.82) is 0 Å². The number of esters is 1.